The monoisotopic (exact) mass is 372 g/mol. The fraction of sp³-hybridized carbons (Fsp3) is 0.450. The second-order valence-corrected chi connectivity index (χ2v) is 7.62. The van der Waals surface area contributed by atoms with Crippen LogP contribution in [-0.4, -0.2) is 23.6 Å². The summed E-state index contributed by atoms with van der Waals surface area (Å²) in [6.45, 7) is 3.93. The summed E-state index contributed by atoms with van der Waals surface area (Å²) in [4.78, 5) is 31.2. The number of aromatic nitrogens is 1. The standard InChI is InChI=1S/C20H24N2O3S/c1-4-15(19(24)25-3)22-16-7-5-6-8-17(16)26-20(22)21-18(23)14-11-9-13(2)10-12-14/h9-12,15H,4-8H2,1-3H3. The lowest BCUT2D eigenvalue weighted by atomic mass is 10.0. The minimum absolute atomic E-state index is 0.280. The molecule has 0 aliphatic heterocycles. The molecule has 1 heterocycles. The highest BCUT2D eigenvalue weighted by Crippen LogP contribution is 2.27. The highest BCUT2D eigenvalue weighted by Gasteiger charge is 2.27. The third-order valence-corrected chi connectivity index (χ3v) is 5.92. The fourth-order valence-corrected chi connectivity index (χ4v) is 4.59. The molecule has 2 aromatic rings. The molecule has 3 rings (SSSR count). The Morgan fingerprint density at radius 3 is 2.58 bits per heavy atom. The van der Waals surface area contributed by atoms with Crippen LogP contribution in [0.15, 0.2) is 29.3 Å². The summed E-state index contributed by atoms with van der Waals surface area (Å²) < 4.78 is 6.94. The Labute approximate surface area is 157 Å². The van der Waals surface area contributed by atoms with Gasteiger partial charge in [0.25, 0.3) is 5.91 Å². The van der Waals surface area contributed by atoms with Gasteiger partial charge in [-0.2, -0.15) is 4.99 Å². The van der Waals surface area contributed by atoms with Gasteiger partial charge in [-0.15, -0.1) is 11.3 Å². The smallest absolute Gasteiger partial charge is 0.328 e. The van der Waals surface area contributed by atoms with Crippen LogP contribution in [0.2, 0.25) is 0 Å². The Balaban J connectivity index is 2.11. The van der Waals surface area contributed by atoms with Gasteiger partial charge in [-0.05, 0) is 51.2 Å². The summed E-state index contributed by atoms with van der Waals surface area (Å²) in [6.07, 6.45) is 4.71. The van der Waals surface area contributed by atoms with Crippen LogP contribution in [0.25, 0.3) is 0 Å². The van der Waals surface area contributed by atoms with Gasteiger partial charge in [0.05, 0.1) is 7.11 Å². The number of hydrogen-bond donors (Lipinski definition) is 0. The molecule has 1 aliphatic carbocycles. The minimum atomic E-state index is -0.442. The summed E-state index contributed by atoms with van der Waals surface area (Å²) in [6, 6.07) is 6.94. The highest BCUT2D eigenvalue weighted by atomic mass is 32.1. The van der Waals surface area contributed by atoms with Crippen LogP contribution < -0.4 is 4.80 Å². The molecule has 0 saturated heterocycles. The number of esters is 1. The molecule has 26 heavy (non-hydrogen) atoms. The van der Waals surface area contributed by atoms with E-state index in [9.17, 15) is 9.59 Å². The molecule has 0 bridgehead atoms. The summed E-state index contributed by atoms with van der Waals surface area (Å²) in [5.74, 6) is -0.569. The van der Waals surface area contributed by atoms with Crippen molar-refractivity contribution in [2.24, 2.45) is 4.99 Å². The van der Waals surface area contributed by atoms with Crippen LogP contribution in [0.3, 0.4) is 0 Å². The number of carbonyl (C=O) groups is 2. The quantitative estimate of drug-likeness (QED) is 0.771. The maximum Gasteiger partial charge on any atom is 0.328 e. The van der Waals surface area contributed by atoms with Crippen molar-refractivity contribution in [1.29, 1.82) is 0 Å². The lowest BCUT2D eigenvalue weighted by Gasteiger charge is -2.20. The van der Waals surface area contributed by atoms with E-state index < -0.39 is 6.04 Å². The Morgan fingerprint density at radius 2 is 1.92 bits per heavy atom. The van der Waals surface area contributed by atoms with Crippen LogP contribution >= 0.6 is 11.3 Å². The predicted molar refractivity (Wildman–Crippen MR) is 101 cm³/mol. The number of amides is 1. The zero-order valence-corrected chi connectivity index (χ0v) is 16.3. The molecule has 0 fully saturated rings. The van der Waals surface area contributed by atoms with Crippen molar-refractivity contribution in [2.75, 3.05) is 7.11 Å². The van der Waals surface area contributed by atoms with Crippen molar-refractivity contribution >= 4 is 23.2 Å². The second kappa shape index (κ2) is 7.99. The van der Waals surface area contributed by atoms with E-state index in [2.05, 4.69) is 4.99 Å². The summed E-state index contributed by atoms with van der Waals surface area (Å²) in [5, 5.41) is 0. The molecular weight excluding hydrogens is 348 g/mol. The molecule has 1 aromatic carbocycles. The molecule has 1 amide bonds. The molecule has 1 atom stereocenters. The third kappa shape index (κ3) is 3.65. The van der Waals surface area contributed by atoms with Gasteiger partial charge in [0.15, 0.2) is 4.80 Å². The van der Waals surface area contributed by atoms with Crippen molar-refractivity contribution in [3.8, 4) is 0 Å². The molecule has 0 radical (unpaired) electrons. The molecule has 0 N–H and O–H groups in total. The van der Waals surface area contributed by atoms with Gasteiger partial charge in [0.2, 0.25) is 0 Å². The van der Waals surface area contributed by atoms with Gasteiger partial charge in [-0.1, -0.05) is 24.6 Å². The van der Waals surface area contributed by atoms with E-state index in [0.29, 0.717) is 16.8 Å². The molecule has 1 unspecified atom stereocenters. The van der Waals surface area contributed by atoms with E-state index in [1.807, 2.05) is 30.5 Å². The lowest BCUT2D eigenvalue weighted by molar-refractivity contribution is -0.144. The molecular formula is C20H24N2O3S. The third-order valence-electron chi connectivity index (χ3n) is 4.77. The van der Waals surface area contributed by atoms with Crippen molar-refractivity contribution in [1.82, 2.24) is 4.57 Å². The normalized spacial score (nSPS) is 15.4. The Morgan fingerprint density at radius 1 is 1.23 bits per heavy atom. The SMILES string of the molecule is CCC(C(=O)OC)n1c2c(sc1=NC(=O)c1ccc(C)cc1)CCCC2. The number of thiazole rings is 1. The van der Waals surface area contributed by atoms with Gasteiger partial charge in [-0.25, -0.2) is 4.79 Å². The Bertz CT molecular complexity index is 877. The first kappa shape index (κ1) is 18.6. The van der Waals surface area contributed by atoms with Gasteiger partial charge in [-0.3, -0.25) is 4.79 Å². The van der Waals surface area contributed by atoms with Crippen LogP contribution in [0, 0.1) is 6.92 Å². The number of benzene rings is 1. The number of ether oxygens (including phenoxy) is 1. The summed E-state index contributed by atoms with van der Waals surface area (Å²) >= 11 is 1.53. The number of aryl methyl sites for hydroxylation is 2. The van der Waals surface area contributed by atoms with E-state index in [1.165, 1.54) is 23.3 Å². The largest absolute Gasteiger partial charge is 0.467 e. The van der Waals surface area contributed by atoms with E-state index in [4.69, 9.17) is 4.74 Å². The molecule has 5 nitrogen and oxygen atoms in total. The first-order chi connectivity index (χ1) is 12.5. The van der Waals surface area contributed by atoms with Crippen molar-refractivity contribution in [3.05, 3.63) is 50.8 Å². The van der Waals surface area contributed by atoms with E-state index in [-0.39, 0.29) is 11.9 Å². The van der Waals surface area contributed by atoms with Crippen molar-refractivity contribution in [3.63, 3.8) is 0 Å². The van der Waals surface area contributed by atoms with Crippen molar-refractivity contribution < 1.29 is 14.3 Å². The second-order valence-electron chi connectivity index (χ2n) is 6.56. The van der Waals surface area contributed by atoms with E-state index in [1.54, 1.807) is 12.1 Å². The molecule has 6 heteroatoms. The number of rotatable bonds is 4. The molecule has 0 spiro atoms. The molecule has 138 valence electrons. The average molecular weight is 372 g/mol. The highest BCUT2D eigenvalue weighted by molar-refractivity contribution is 7.09. The maximum atomic E-state index is 12.7. The summed E-state index contributed by atoms with van der Waals surface area (Å²) in [7, 11) is 1.40. The van der Waals surface area contributed by atoms with Crippen LogP contribution in [0.1, 0.15) is 58.7 Å². The van der Waals surface area contributed by atoms with Gasteiger partial charge in [0, 0.05) is 16.1 Å². The number of carbonyl (C=O) groups excluding carboxylic acids is 2. The maximum absolute atomic E-state index is 12.7. The molecule has 1 aliphatic rings. The first-order valence-electron chi connectivity index (χ1n) is 9.01. The predicted octanol–water partition coefficient (Wildman–Crippen LogP) is 3.60. The zero-order chi connectivity index (χ0) is 18.7. The number of hydrogen-bond acceptors (Lipinski definition) is 4. The first-order valence-corrected chi connectivity index (χ1v) is 9.83. The van der Waals surface area contributed by atoms with Crippen LogP contribution in [0.4, 0.5) is 0 Å². The number of nitrogens with zero attached hydrogens (tertiary/aromatic N) is 2. The molecule has 1 aromatic heterocycles. The van der Waals surface area contributed by atoms with Crippen LogP contribution in [-0.2, 0) is 22.4 Å². The van der Waals surface area contributed by atoms with E-state index >= 15 is 0 Å². The van der Waals surface area contributed by atoms with E-state index in [0.717, 1.165) is 36.9 Å². The Hall–Kier alpha value is -2.21. The zero-order valence-electron chi connectivity index (χ0n) is 15.4. The fourth-order valence-electron chi connectivity index (χ4n) is 3.34. The topological polar surface area (TPSA) is 60.7 Å². The number of fused-ring (bicyclic) bond motifs is 1. The number of methoxy groups -OCH3 is 1. The van der Waals surface area contributed by atoms with Gasteiger partial charge in [0.1, 0.15) is 6.04 Å². The van der Waals surface area contributed by atoms with Crippen molar-refractivity contribution in [2.45, 2.75) is 52.0 Å². The average Bonchev–Trinajstić information content (AvgIpc) is 3.00. The minimum Gasteiger partial charge on any atom is -0.467 e. The Kier molecular flexibility index (Phi) is 5.71. The van der Waals surface area contributed by atoms with Crippen LogP contribution in [0.5, 0.6) is 0 Å². The molecule has 0 saturated carbocycles. The van der Waals surface area contributed by atoms with Gasteiger partial charge >= 0.3 is 5.97 Å². The summed E-state index contributed by atoms with van der Waals surface area (Å²) in [5.41, 5.74) is 2.79. The lowest BCUT2D eigenvalue weighted by Crippen LogP contribution is -2.30. The van der Waals surface area contributed by atoms with Gasteiger partial charge < -0.3 is 9.30 Å².